The van der Waals surface area contributed by atoms with Crippen LogP contribution in [0.5, 0.6) is 0 Å². The molecular weight excluding hydrogens is 260 g/mol. The third-order valence-corrected chi connectivity index (χ3v) is 3.47. The highest BCUT2D eigenvalue weighted by atomic mass is 16.6. The highest BCUT2D eigenvalue weighted by molar-refractivity contribution is 5.93. The zero-order chi connectivity index (χ0) is 14.7. The first-order valence-electron chi connectivity index (χ1n) is 6.81. The van der Waals surface area contributed by atoms with E-state index in [4.69, 9.17) is 0 Å². The van der Waals surface area contributed by atoms with Gasteiger partial charge >= 0.3 is 0 Å². The number of carbonyl (C=O) groups is 1. The fraction of sp³-hybridized carbons (Fsp3) is 0.615. The highest BCUT2D eigenvalue weighted by Gasteiger charge is 2.31. The average molecular weight is 280 g/mol. The molecule has 1 aromatic rings. The smallest absolute Gasteiger partial charge is 0.287 e. The quantitative estimate of drug-likeness (QED) is 0.465. The maximum atomic E-state index is 12.4. The SMILES string of the molecule is CNCCCN(C)C(=O)c1cc([N+](=O)[O-])cn1C1CC1. The standard InChI is InChI=1S/C13H20N4O3/c1-14-6-3-7-15(2)13(18)12-8-11(17(19)20)9-16(12)10-4-5-10/h8-10,14H,3-7H2,1-2H3. The minimum Gasteiger partial charge on any atom is -0.340 e. The van der Waals surface area contributed by atoms with Crippen molar-refractivity contribution in [3.63, 3.8) is 0 Å². The van der Waals surface area contributed by atoms with Crippen molar-refractivity contribution >= 4 is 11.6 Å². The van der Waals surface area contributed by atoms with Gasteiger partial charge in [-0.1, -0.05) is 0 Å². The van der Waals surface area contributed by atoms with E-state index in [9.17, 15) is 14.9 Å². The number of rotatable bonds is 7. The van der Waals surface area contributed by atoms with Crippen LogP contribution >= 0.6 is 0 Å². The molecule has 110 valence electrons. The summed E-state index contributed by atoms with van der Waals surface area (Å²) in [7, 11) is 3.59. The van der Waals surface area contributed by atoms with Gasteiger partial charge in [0.25, 0.3) is 11.6 Å². The minimum absolute atomic E-state index is 0.0103. The number of aromatic nitrogens is 1. The van der Waals surface area contributed by atoms with E-state index in [1.165, 1.54) is 12.3 Å². The molecule has 1 aliphatic carbocycles. The van der Waals surface area contributed by atoms with Gasteiger partial charge < -0.3 is 14.8 Å². The molecule has 1 amide bonds. The summed E-state index contributed by atoms with van der Waals surface area (Å²) in [5.74, 6) is -0.152. The molecule has 0 aliphatic heterocycles. The maximum absolute atomic E-state index is 12.4. The van der Waals surface area contributed by atoms with Crippen molar-refractivity contribution in [1.29, 1.82) is 0 Å². The van der Waals surface area contributed by atoms with Crippen molar-refractivity contribution in [1.82, 2.24) is 14.8 Å². The van der Waals surface area contributed by atoms with Crippen LogP contribution in [0.4, 0.5) is 5.69 Å². The van der Waals surface area contributed by atoms with Crippen LogP contribution in [-0.4, -0.2) is 47.5 Å². The molecule has 0 saturated heterocycles. The van der Waals surface area contributed by atoms with Gasteiger partial charge in [0.15, 0.2) is 0 Å². The molecule has 20 heavy (non-hydrogen) atoms. The molecule has 1 aliphatic rings. The van der Waals surface area contributed by atoms with Crippen LogP contribution < -0.4 is 5.32 Å². The summed E-state index contributed by atoms with van der Waals surface area (Å²) < 4.78 is 1.76. The second-order valence-electron chi connectivity index (χ2n) is 5.16. The summed E-state index contributed by atoms with van der Waals surface area (Å²) in [6.45, 7) is 1.46. The number of nitrogens with zero attached hydrogens (tertiary/aromatic N) is 3. The van der Waals surface area contributed by atoms with Gasteiger partial charge in [-0.15, -0.1) is 0 Å². The second-order valence-corrected chi connectivity index (χ2v) is 5.16. The Balaban J connectivity index is 2.13. The summed E-state index contributed by atoms with van der Waals surface area (Å²) in [5.41, 5.74) is 0.412. The lowest BCUT2D eigenvalue weighted by atomic mass is 10.3. The van der Waals surface area contributed by atoms with Crippen LogP contribution in [0.1, 0.15) is 35.8 Å². The number of hydrogen-bond acceptors (Lipinski definition) is 4. The van der Waals surface area contributed by atoms with E-state index in [0.29, 0.717) is 12.2 Å². The third kappa shape index (κ3) is 3.16. The van der Waals surface area contributed by atoms with Crippen LogP contribution in [0.3, 0.4) is 0 Å². The van der Waals surface area contributed by atoms with Gasteiger partial charge in [0.05, 0.1) is 11.1 Å². The number of amides is 1. The van der Waals surface area contributed by atoms with Crippen molar-refractivity contribution in [2.24, 2.45) is 0 Å². The van der Waals surface area contributed by atoms with Gasteiger partial charge in [0.1, 0.15) is 5.69 Å². The Morgan fingerprint density at radius 2 is 2.30 bits per heavy atom. The molecule has 7 heteroatoms. The molecule has 0 unspecified atom stereocenters. The van der Waals surface area contributed by atoms with E-state index >= 15 is 0 Å². The molecule has 1 saturated carbocycles. The molecule has 0 atom stereocenters. The highest BCUT2D eigenvalue weighted by Crippen LogP contribution is 2.38. The topological polar surface area (TPSA) is 80.4 Å². The summed E-state index contributed by atoms with van der Waals surface area (Å²) >= 11 is 0. The Kier molecular flexibility index (Phi) is 4.39. The Bertz CT molecular complexity index is 508. The van der Waals surface area contributed by atoms with Crippen molar-refractivity contribution in [3.8, 4) is 0 Å². The molecule has 2 rings (SSSR count). The van der Waals surface area contributed by atoms with Crippen molar-refractivity contribution < 1.29 is 9.72 Å². The second kappa shape index (κ2) is 6.04. The lowest BCUT2D eigenvalue weighted by molar-refractivity contribution is -0.384. The lowest BCUT2D eigenvalue weighted by Crippen LogP contribution is -2.30. The van der Waals surface area contributed by atoms with E-state index < -0.39 is 4.92 Å². The monoisotopic (exact) mass is 280 g/mol. The van der Waals surface area contributed by atoms with Gasteiger partial charge in [-0.05, 0) is 32.9 Å². The molecule has 0 aromatic carbocycles. The molecule has 7 nitrogen and oxygen atoms in total. The fourth-order valence-corrected chi connectivity index (χ4v) is 2.18. The van der Waals surface area contributed by atoms with Crippen LogP contribution in [0.2, 0.25) is 0 Å². The summed E-state index contributed by atoms with van der Waals surface area (Å²) in [6.07, 6.45) is 4.29. The van der Waals surface area contributed by atoms with Crippen LogP contribution in [0.25, 0.3) is 0 Å². The normalized spacial score (nSPS) is 14.3. The Labute approximate surface area is 117 Å². The van der Waals surface area contributed by atoms with E-state index in [2.05, 4.69) is 5.32 Å². The van der Waals surface area contributed by atoms with Crippen molar-refractivity contribution in [3.05, 3.63) is 28.1 Å². The molecule has 1 heterocycles. The van der Waals surface area contributed by atoms with Gasteiger partial charge in [0, 0.05) is 25.7 Å². The number of carbonyl (C=O) groups excluding carboxylic acids is 1. The Morgan fingerprint density at radius 3 is 2.85 bits per heavy atom. The van der Waals surface area contributed by atoms with E-state index in [-0.39, 0.29) is 17.6 Å². The summed E-state index contributed by atoms with van der Waals surface area (Å²) in [5, 5.41) is 13.9. The molecule has 1 fully saturated rings. The molecule has 0 bridgehead atoms. The molecule has 1 N–H and O–H groups in total. The minimum atomic E-state index is -0.448. The zero-order valence-electron chi connectivity index (χ0n) is 11.8. The predicted molar refractivity (Wildman–Crippen MR) is 74.9 cm³/mol. The zero-order valence-corrected chi connectivity index (χ0v) is 11.8. The maximum Gasteiger partial charge on any atom is 0.287 e. The van der Waals surface area contributed by atoms with Crippen LogP contribution in [0, 0.1) is 10.1 Å². The van der Waals surface area contributed by atoms with Crippen LogP contribution in [0.15, 0.2) is 12.3 Å². The third-order valence-electron chi connectivity index (χ3n) is 3.47. The van der Waals surface area contributed by atoms with E-state index in [0.717, 1.165) is 25.8 Å². The predicted octanol–water partition coefficient (Wildman–Crippen LogP) is 1.41. The first-order valence-corrected chi connectivity index (χ1v) is 6.81. The number of hydrogen-bond donors (Lipinski definition) is 1. The van der Waals surface area contributed by atoms with E-state index in [1.807, 2.05) is 7.05 Å². The molecule has 0 spiro atoms. The average Bonchev–Trinajstić information content (AvgIpc) is 3.16. The largest absolute Gasteiger partial charge is 0.340 e. The number of nitrogens with one attached hydrogen (secondary N) is 1. The number of nitro groups is 1. The van der Waals surface area contributed by atoms with Gasteiger partial charge in [0.2, 0.25) is 0 Å². The first-order chi connectivity index (χ1) is 9.54. The fourth-order valence-electron chi connectivity index (χ4n) is 2.18. The van der Waals surface area contributed by atoms with Gasteiger partial charge in [-0.3, -0.25) is 14.9 Å². The first kappa shape index (κ1) is 14.5. The summed E-state index contributed by atoms with van der Waals surface area (Å²) in [4.78, 5) is 24.4. The van der Waals surface area contributed by atoms with Gasteiger partial charge in [-0.25, -0.2) is 0 Å². The Hall–Kier alpha value is -1.89. The Morgan fingerprint density at radius 1 is 1.60 bits per heavy atom. The molecular formula is C13H20N4O3. The molecule has 0 radical (unpaired) electrons. The molecule has 1 aromatic heterocycles. The van der Waals surface area contributed by atoms with Gasteiger partial charge in [-0.2, -0.15) is 0 Å². The van der Waals surface area contributed by atoms with Crippen LogP contribution in [-0.2, 0) is 0 Å². The van der Waals surface area contributed by atoms with Crippen molar-refractivity contribution in [2.45, 2.75) is 25.3 Å². The van der Waals surface area contributed by atoms with Crippen molar-refractivity contribution in [2.75, 3.05) is 27.2 Å². The van der Waals surface area contributed by atoms with E-state index in [1.54, 1.807) is 16.5 Å². The summed E-state index contributed by atoms with van der Waals surface area (Å²) in [6, 6.07) is 1.63. The lowest BCUT2D eigenvalue weighted by Gasteiger charge is -2.18.